The van der Waals surface area contributed by atoms with Crippen molar-refractivity contribution in [1.29, 1.82) is 0 Å². The van der Waals surface area contributed by atoms with Gasteiger partial charge in [-0.25, -0.2) is 0 Å². The number of rotatable bonds is 7. The van der Waals surface area contributed by atoms with E-state index < -0.39 is 0 Å². The molecule has 0 saturated carbocycles. The van der Waals surface area contributed by atoms with Crippen molar-refractivity contribution < 1.29 is 4.79 Å². The van der Waals surface area contributed by atoms with Crippen molar-refractivity contribution in [1.82, 2.24) is 5.32 Å². The van der Waals surface area contributed by atoms with Gasteiger partial charge in [0.2, 0.25) is 5.91 Å². The molecule has 1 amide bonds. The molecule has 0 bridgehead atoms. The molecule has 0 saturated heterocycles. The van der Waals surface area contributed by atoms with Gasteiger partial charge in [-0.1, -0.05) is 6.92 Å². The minimum Gasteiger partial charge on any atom is -0.356 e. The lowest BCUT2D eigenvalue weighted by atomic mass is 10.1. The van der Waals surface area contributed by atoms with Crippen LogP contribution in [0.2, 0.25) is 0 Å². The summed E-state index contributed by atoms with van der Waals surface area (Å²) in [6.07, 6.45) is 8.09. The van der Waals surface area contributed by atoms with Gasteiger partial charge in [0.1, 0.15) is 0 Å². The van der Waals surface area contributed by atoms with Gasteiger partial charge >= 0.3 is 0 Å². The fourth-order valence-electron chi connectivity index (χ4n) is 1.00. The Balaban J connectivity index is 3.33. The number of terminal acetylenes is 1. The Hall–Kier alpha value is -1.01. The van der Waals surface area contributed by atoms with E-state index in [0.29, 0.717) is 25.4 Å². The van der Waals surface area contributed by atoms with E-state index in [1.807, 2.05) is 6.92 Å². The lowest BCUT2D eigenvalue weighted by Gasteiger charge is -2.07. The van der Waals surface area contributed by atoms with Crippen molar-refractivity contribution in [2.24, 2.45) is 11.7 Å². The standard InChI is InChI=1S/C11H20N2O/c1-3-4-5-8-13-11(14)7-6-10(2)9-12/h1,10H,4-9,12H2,2H3,(H,13,14). The maximum absolute atomic E-state index is 11.2. The van der Waals surface area contributed by atoms with Crippen molar-refractivity contribution in [2.45, 2.75) is 32.6 Å². The highest BCUT2D eigenvalue weighted by Crippen LogP contribution is 2.02. The summed E-state index contributed by atoms with van der Waals surface area (Å²) >= 11 is 0. The van der Waals surface area contributed by atoms with E-state index >= 15 is 0 Å². The minimum absolute atomic E-state index is 0.0994. The first-order valence-electron chi connectivity index (χ1n) is 5.11. The monoisotopic (exact) mass is 196 g/mol. The molecule has 0 rings (SSSR count). The van der Waals surface area contributed by atoms with E-state index in [-0.39, 0.29) is 5.91 Å². The number of carbonyl (C=O) groups excluding carboxylic acids is 1. The lowest BCUT2D eigenvalue weighted by Crippen LogP contribution is -2.25. The van der Waals surface area contributed by atoms with Crippen LogP contribution in [0.1, 0.15) is 32.6 Å². The number of carbonyl (C=O) groups is 1. The number of amides is 1. The highest BCUT2D eigenvalue weighted by Gasteiger charge is 2.04. The molecule has 0 aromatic carbocycles. The molecule has 14 heavy (non-hydrogen) atoms. The quantitative estimate of drug-likeness (QED) is 0.469. The molecular formula is C11H20N2O. The summed E-state index contributed by atoms with van der Waals surface area (Å²) < 4.78 is 0. The third-order valence-corrected chi connectivity index (χ3v) is 2.09. The van der Waals surface area contributed by atoms with Gasteiger partial charge in [0, 0.05) is 19.4 Å². The molecule has 80 valence electrons. The molecule has 0 aliphatic carbocycles. The van der Waals surface area contributed by atoms with Crippen LogP contribution < -0.4 is 11.1 Å². The average molecular weight is 196 g/mol. The van der Waals surface area contributed by atoms with Crippen molar-refractivity contribution >= 4 is 5.91 Å². The summed E-state index contributed by atoms with van der Waals surface area (Å²) in [5.74, 6) is 3.05. The van der Waals surface area contributed by atoms with Crippen LogP contribution in [0.4, 0.5) is 0 Å². The molecule has 3 heteroatoms. The largest absolute Gasteiger partial charge is 0.356 e. The van der Waals surface area contributed by atoms with Crippen LogP contribution in [0.15, 0.2) is 0 Å². The van der Waals surface area contributed by atoms with Crippen LogP contribution in [0.3, 0.4) is 0 Å². The first kappa shape index (κ1) is 13.0. The number of hydrogen-bond acceptors (Lipinski definition) is 2. The molecule has 0 aromatic heterocycles. The maximum Gasteiger partial charge on any atom is 0.220 e. The zero-order chi connectivity index (χ0) is 10.8. The van der Waals surface area contributed by atoms with E-state index in [0.717, 1.165) is 19.3 Å². The second kappa shape index (κ2) is 8.58. The molecule has 0 heterocycles. The highest BCUT2D eigenvalue weighted by atomic mass is 16.1. The number of unbranched alkanes of at least 4 members (excludes halogenated alkanes) is 1. The van der Waals surface area contributed by atoms with Crippen LogP contribution in [0.25, 0.3) is 0 Å². The van der Waals surface area contributed by atoms with Gasteiger partial charge in [0.15, 0.2) is 0 Å². The Morgan fingerprint density at radius 3 is 2.93 bits per heavy atom. The van der Waals surface area contributed by atoms with Gasteiger partial charge in [0.25, 0.3) is 0 Å². The SMILES string of the molecule is C#CCCCNC(=O)CCC(C)CN. The van der Waals surface area contributed by atoms with Crippen molar-refractivity contribution in [3.05, 3.63) is 0 Å². The number of hydrogen-bond donors (Lipinski definition) is 2. The predicted molar refractivity (Wildman–Crippen MR) is 58.5 cm³/mol. The Morgan fingerprint density at radius 1 is 1.64 bits per heavy atom. The zero-order valence-corrected chi connectivity index (χ0v) is 8.88. The Kier molecular flexibility index (Phi) is 7.96. The molecule has 0 aromatic rings. The third kappa shape index (κ3) is 7.63. The molecule has 0 fully saturated rings. The summed E-state index contributed by atoms with van der Waals surface area (Å²) in [6, 6.07) is 0. The van der Waals surface area contributed by atoms with Crippen LogP contribution in [-0.4, -0.2) is 19.0 Å². The van der Waals surface area contributed by atoms with Crippen molar-refractivity contribution in [3.63, 3.8) is 0 Å². The molecule has 3 nitrogen and oxygen atoms in total. The highest BCUT2D eigenvalue weighted by molar-refractivity contribution is 5.75. The topological polar surface area (TPSA) is 55.1 Å². The third-order valence-electron chi connectivity index (χ3n) is 2.09. The van der Waals surface area contributed by atoms with Crippen molar-refractivity contribution in [3.8, 4) is 12.3 Å². The Labute approximate surface area is 86.4 Å². The molecular weight excluding hydrogens is 176 g/mol. The van der Waals surface area contributed by atoms with E-state index in [2.05, 4.69) is 11.2 Å². The van der Waals surface area contributed by atoms with E-state index in [9.17, 15) is 4.79 Å². The van der Waals surface area contributed by atoms with Crippen LogP contribution in [0, 0.1) is 18.3 Å². The van der Waals surface area contributed by atoms with E-state index in [1.165, 1.54) is 0 Å². The van der Waals surface area contributed by atoms with Gasteiger partial charge in [-0.15, -0.1) is 12.3 Å². The maximum atomic E-state index is 11.2. The molecule has 1 unspecified atom stereocenters. The Morgan fingerprint density at radius 2 is 2.36 bits per heavy atom. The fourth-order valence-corrected chi connectivity index (χ4v) is 1.00. The van der Waals surface area contributed by atoms with Crippen LogP contribution in [0.5, 0.6) is 0 Å². The van der Waals surface area contributed by atoms with Gasteiger partial charge in [-0.3, -0.25) is 4.79 Å². The molecule has 0 aliphatic heterocycles. The van der Waals surface area contributed by atoms with Crippen LogP contribution >= 0.6 is 0 Å². The predicted octanol–water partition coefficient (Wildman–Crippen LogP) is 0.891. The summed E-state index contributed by atoms with van der Waals surface area (Å²) in [4.78, 5) is 11.2. The number of nitrogens with one attached hydrogen (secondary N) is 1. The molecule has 0 radical (unpaired) electrons. The zero-order valence-electron chi connectivity index (χ0n) is 8.88. The second-order valence-electron chi connectivity index (χ2n) is 3.54. The normalized spacial score (nSPS) is 11.8. The first-order valence-corrected chi connectivity index (χ1v) is 5.11. The van der Waals surface area contributed by atoms with Crippen molar-refractivity contribution in [2.75, 3.05) is 13.1 Å². The number of nitrogens with two attached hydrogens (primary N) is 1. The second-order valence-corrected chi connectivity index (χ2v) is 3.54. The average Bonchev–Trinajstić information content (AvgIpc) is 2.21. The van der Waals surface area contributed by atoms with Crippen LogP contribution in [-0.2, 0) is 4.79 Å². The van der Waals surface area contributed by atoms with Gasteiger partial charge in [-0.2, -0.15) is 0 Å². The van der Waals surface area contributed by atoms with Gasteiger partial charge in [-0.05, 0) is 25.3 Å². The minimum atomic E-state index is 0.0994. The molecule has 0 aliphatic rings. The summed E-state index contributed by atoms with van der Waals surface area (Å²) in [7, 11) is 0. The molecule has 0 spiro atoms. The molecule has 3 N–H and O–H groups in total. The summed E-state index contributed by atoms with van der Waals surface area (Å²) in [5.41, 5.74) is 5.44. The lowest BCUT2D eigenvalue weighted by molar-refractivity contribution is -0.121. The smallest absolute Gasteiger partial charge is 0.220 e. The fraction of sp³-hybridized carbons (Fsp3) is 0.727. The molecule has 1 atom stereocenters. The van der Waals surface area contributed by atoms with E-state index in [1.54, 1.807) is 0 Å². The first-order chi connectivity index (χ1) is 6.70. The summed E-state index contributed by atoms with van der Waals surface area (Å²) in [5, 5.41) is 2.82. The van der Waals surface area contributed by atoms with Gasteiger partial charge in [0.05, 0.1) is 0 Å². The van der Waals surface area contributed by atoms with E-state index in [4.69, 9.17) is 12.2 Å². The van der Waals surface area contributed by atoms with Gasteiger partial charge < -0.3 is 11.1 Å². The summed E-state index contributed by atoms with van der Waals surface area (Å²) in [6.45, 7) is 3.37. The Bertz CT molecular complexity index is 196.